The van der Waals surface area contributed by atoms with Crippen LogP contribution in [0.25, 0.3) is 43.1 Å². The molecular weight excluding hydrogens is 1300 g/mol. The number of hydrogen-bond acceptors (Lipinski definition) is 0. The van der Waals surface area contributed by atoms with Gasteiger partial charge in [0.15, 0.2) is 0 Å². The predicted octanol–water partition coefficient (Wildman–Crippen LogP) is 11.3. The van der Waals surface area contributed by atoms with E-state index in [2.05, 4.69) is 388 Å². The van der Waals surface area contributed by atoms with Gasteiger partial charge in [0.1, 0.15) is 0 Å². The molecule has 0 unspecified atom stereocenters. The monoisotopic (exact) mass is 1360 g/mol. The minimum Gasteiger partial charge on any atom is -1.00 e. The van der Waals surface area contributed by atoms with Gasteiger partial charge >= 0.3 is 43.4 Å². The second kappa shape index (κ2) is 34.6. The largest absolute Gasteiger partial charge is 2.00 e. The second-order valence-corrected chi connectivity index (χ2v) is 30.3. The molecule has 0 N–H and O–H groups in total. The summed E-state index contributed by atoms with van der Waals surface area (Å²) in [6.07, 6.45) is 0. The Labute approximate surface area is 589 Å². The molecule has 16 aromatic rings. The zero-order valence-electron chi connectivity index (χ0n) is 50.5. The number of rotatable bonds is 12. The molecule has 444 valence electrons. The van der Waals surface area contributed by atoms with Gasteiger partial charge in [-0.2, -0.15) is 24.3 Å². The molecule has 0 fully saturated rings. The van der Waals surface area contributed by atoms with Crippen molar-refractivity contribution in [1.82, 2.24) is 0 Å². The van der Waals surface area contributed by atoms with Crippen LogP contribution in [-0.2, 0) is 43.4 Å². The van der Waals surface area contributed by atoms with E-state index in [1.807, 2.05) is 0 Å². The molecule has 0 aromatic heterocycles. The van der Waals surface area contributed by atoms with Crippen molar-refractivity contribution in [2.24, 2.45) is 0 Å². The first-order valence-corrected chi connectivity index (χ1v) is 35.3. The third-order valence-electron chi connectivity index (χ3n) is 15.6. The molecule has 0 aliphatic carbocycles. The molecular formula is C84H64Cl2P4Ti2-2. The van der Waals surface area contributed by atoms with Gasteiger partial charge in [-0.1, -0.05) is 267 Å². The number of benzene rings is 12. The van der Waals surface area contributed by atoms with Crippen molar-refractivity contribution in [2.45, 2.75) is 0 Å². The molecule has 0 aliphatic heterocycles. The number of halogens is 2. The van der Waals surface area contributed by atoms with Gasteiger partial charge < -0.3 is 24.8 Å². The van der Waals surface area contributed by atoms with E-state index in [-0.39, 0.29) is 68.2 Å². The molecule has 0 radical (unpaired) electrons. The Morgan fingerprint density at radius 3 is 0.435 bits per heavy atom. The van der Waals surface area contributed by atoms with E-state index in [0.29, 0.717) is 0 Å². The van der Waals surface area contributed by atoms with Crippen LogP contribution in [0, 0.1) is 0 Å². The normalized spacial score (nSPS) is 10.7. The quantitative estimate of drug-likeness (QED) is 0.0650. The Morgan fingerprint density at radius 2 is 0.293 bits per heavy atom. The summed E-state index contributed by atoms with van der Waals surface area (Å²) in [5, 5.41) is 27.6. The van der Waals surface area contributed by atoms with Crippen molar-refractivity contribution in [2.75, 3.05) is 0 Å². The van der Waals surface area contributed by atoms with Crippen molar-refractivity contribution in [1.29, 1.82) is 0 Å². The van der Waals surface area contributed by atoms with Gasteiger partial charge in [0, 0.05) is 0 Å². The maximum atomic E-state index is 2.35. The van der Waals surface area contributed by atoms with Crippen molar-refractivity contribution in [3.05, 3.63) is 388 Å². The summed E-state index contributed by atoms with van der Waals surface area (Å²) in [4.78, 5) is 0. The van der Waals surface area contributed by atoms with Crippen LogP contribution in [0.15, 0.2) is 388 Å². The maximum absolute atomic E-state index is 2.35. The van der Waals surface area contributed by atoms with Gasteiger partial charge in [-0.25, -0.2) is 0 Å². The molecule has 0 amide bonds. The molecule has 0 spiro atoms. The van der Waals surface area contributed by atoms with Gasteiger partial charge in [-0.3, -0.25) is 0 Å². The average Bonchev–Trinajstić information content (AvgIpc) is 1.73. The molecule has 16 rings (SSSR count). The van der Waals surface area contributed by atoms with Crippen LogP contribution < -0.4 is 88.5 Å². The first-order chi connectivity index (χ1) is 43.7. The fourth-order valence-electron chi connectivity index (χ4n) is 11.5. The molecule has 8 heteroatoms. The summed E-state index contributed by atoms with van der Waals surface area (Å²) in [7, 11) is -1.97. The molecule has 0 atom stereocenters. The van der Waals surface area contributed by atoms with Crippen LogP contribution in [0.4, 0.5) is 0 Å². The Kier molecular flexibility index (Phi) is 26.0. The van der Waals surface area contributed by atoms with E-state index >= 15 is 0 Å². The van der Waals surface area contributed by atoms with E-state index in [9.17, 15) is 0 Å². The first kappa shape index (κ1) is 69.2. The third-order valence-corrected chi connectivity index (χ3v) is 25.2. The van der Waals surface area contributed by atoms with Crippen molar-refractivity contribution >= 4 is 138 Å². The summed E-state index contributed by atoms with van der Waals surface area (Å²) >= 11 is 0. The van der Waals surface area contributed by atoms with E-state index < -0.39 is 31.7 Å². The van der Waals surface area contributed by atoms with Crippen LogP contribution in [0.3, 0.4) is 0 Å². The van der Waals surface area contributed by atoms with Gasteiger partial charge in [0.2, 0.25) is 0 Å². The zero-order valence-corrected chi connectivity index (χ0v) is 58.7. The van der Waals surface area contributed by atoms with Crippen LogP contribution in [0.5, 0.6) is 0 Å². The van der Waals surface area contributed by atoms with Gasteiger partial charge in [-0.05, 0) is 74.1 Å². The van der Waals surface area contributed by atoms with E-state index in [1.165, 1.54) is 107 Å². The van der Waals surface area contributed by atoms with Crippen LogP contribution >= 0.6 is 31.7 Å². The summed E-state index contributed by atoms with van der Waals surface area (Å²) in [6.45, 7) is 0. The average molecular weight is 1360 g/mol. The molecule has 92 heavy (non-hydrogen) atoms. The minimum absolute atomic E-state index is 0. The van der Waals surface area contributed by atoms with Gasteiger partial charge in [-0.15, -0.1) is 161 Å². The molecule has 0 saturated carbocycles. The molecule has 0 heterocycles. The topological polar surface area (TPSA) is 0 Å². The summed E-state index contributed by atoms with van der Waals surface area (Å²) in [6, 6.07) is 140. The number of fused-ring (bicyclic) bond motifs is 4. The number of hydrogen-bond donors (Lipinski definition) is 0. The Bertz CT molecular complexity index is 3850. The van der Waals surface area contributed by atoms with Crippen molar-refractivity contribution in [3.8, 4) is 0 Å². The SMILES string of the molecule is [Cl-].[Cl-].[Ti+2].[Ti+2].c1ccc(P(c2ccccc2)c2cc3ccccc3[cH-]2)cc1.c1ccc(P(c2ccccc2)c2cc3ccccc3[cH-]2)cc1.c1ccc(P(c2ccccc2)c2cc3ccccc3[cH-]2)cc1.c1ccc(P(c2ccccc2)c2cc3ccccc3[cH-]2)cc1. The zero-order chi connectivity index (χ0) is 59.1. The van der Waals surface area contributed by atoms with Gasteiger partial charge in [0.25, 0.3) is 0 Å². The molecule has 0 aliphatic rings. The van der Waals surface area contributed by atoms with Crippen molar-refractivity contribution in [3.63, 3.8) is 0 Å². The summed E-state index contributed by atoms with van der Waals surface area (Å²) < 4.78 is 0. The molecule has 0 saturated heterocycles. The van der Waals surface area contributed by atoms with E-state index in [4.69, 9.17) is 0 Å². The maximum Gasteiger partial charge on any atom is 2.00 e. The molecule has 16 aromatic carbocycles. The Hall–Kier alpha value is -7.19. The predicted molar refractivity (Wildman–Crippen MR) is 393 cm³/mol. The Balaban J connectivity index is 0.000000143. The third kappa shape index (κ3) is 17.0. The van der Waals surface area contributed by atoms with E-state index in [0.717, 1.165) is 0 Å². The fraction of sp³-hybridized carbons (Fsp3) is 0. The fourth-order valence-corrected chi connectivity index (χ4v) is 20.9. The smallest absolute Gasteiger partial charge is 1.00 e. The molecule has 0 nitrogen and oxygen atoms in total. The standard InChI is InChI=1S/4C21H16P.2ClH.2Ti/c4*1-3-11-19(12-4-1)22(20-13-5-2-6-14-20)21-15-17-9-7-8-10-18(17)16-21;;;;/h4*1-16H;2*1H;;/q4*-1;;;2*+2/p-2. The first-order valence-electron chi connectivity index (χ1n) is 29.9. The van der Waals surface area contributed by atoms with Crippen LogP contribution in [-0.4, -0.2) is 0 Å². The Morgan fingerprint density at radius 1 is 0.163 bits per heavy atom. The minimum atomic E-state index is -0.493. The van der Waals surface area contributed by atoms with Gasteiger partial charge in [0.05, 0.1) is 0 Å². The van der Waals surface area contributed by atoms with Crippen molar-refractivity contribution < 1.29 is 68.2 Å². The molecule has 0 bridgehead atoms. The summed E-state index contributed by atoms with van der Waals surface area (Å²) in [5.41, 5.74) is 0. The second-order valence-electron chi connectivity index (χ2n) is 21.4. The van der Waals surface area contributed by atoms with Crippen LogP contribution in [0.1, 0.15) is 0 Å². The van der Waals surface area contributed by atoms with Crippen LogP contribution in [0.2, 0.25) is 0 Å². The summed E-state index contributed by atoms with van der Waals surface area (Å²) in [5.74, 6) is 0. The van der Waals surface area contributed by atoms with E-state index in [1.54, 1.807) is 0 Å².